The number of amides is 1. The molecule has 2 aromatic rings. The molecule has 23 heavy (non-hydrogen) atoms. The van der Waals surface area contributed by atoms with Crippen LogP contribution in [-0.2, 0) is 9.53 Å². The van der Waals surface area contributed by atoms with E-state index < -0.39 is 0 Å². The molecule has 0 aliphatic carbocycles. The number of hydrogen-bond donors (Lipinski definition) is 1. The Morgan fingerprint density at radius 1 is 1.13 bits per heavy atom. The summed E-state index contributed by atoms with van der Waals surface area (Å²) in [5.74, 6) is -0.00244. The molecule has 0 unspecified atom stereocenters. The highest BCUT2D eigenvalue weighted by atomic mass is 19.1. The van der Waals surface area contributed by atoms with Gasteiger partial charge in [-0.15, -0.1) is 0 Å². The number of rotatable bonds is 7. The van der Waals surface area contributed by atoms with Gasteiger partial charge in [-0.05, 0) is 36.4 Å². The normalized spacial score (nSPS) is 10.7. The number of benzene rings is 2. The molecule has 0 saturated heterocycles. The third-order valence-corrected chi connectivity index (χ3v) is 3.00. The molecule has 0 radical (unpaired) electrons. The zero-order chi connectivity index (χ0) is 16.5. The summed E-state index contributed by atoms with van der Waals surface area (Å²) in [6.07, 6.45) is 2.73. The second kappa shape index (κ2) is 8.70. The van der Waals surface area contributed by atoms with E-state index in [1.165, 1.54) is 18.2 Å². The van der Waals surface area contributed by atoms with Crippen molar-refractivity contribution in [2.24, 2.45) is 0 Å². The second-order valence-corrected chi connectivity index (χ2v) is 4.71. The van der Waals surface area contributed by atoms with Gasteiger partial charge in [0.25, 0.3) is 0 Å². The Kier molecular flexibility index (Phi) is 6.32. The van der Waals surface area contributed by atoms with Crippen LogP contribution < -0.4 is 10.1 Å². The Labute approximate surface area is 134 Å². The highest BCUT2D eigenvalue weighted by Crippen LogP contribution is 2.16. The summed E-state index contributed by atoms with van der Waals surface area (Å²) < 4.78 is 23.8. The molecule has 1 N–H and O–H groups in total. The standard InChI is InChI=1S/C18H18FNO3/c1-22-12-13-23-16-9-7-15(8-10-16)20-18(21)11-6-14-4-2-3-5-17(14)19/h2-11H,12-13H2,1H3,(H,20,21)/b11-6+. The summed E-state index contributed by atoms with van der Waals surface area (Å²) in [6, 6.07) is 13.2. The molecule has 0 aromatic heterocycles. The molecule has 0 atom stereocenters. The summed E-state index contributed by atoms with van der Waals surface area (Å²) in [7, 11) is 1.61. The van der Waals surface area contributed by atoms with Crippen molar-refractivity contribution in [1.29, 1.82) is 0 Å². The largest absolute Gasteiger partial charge is 0.491 e. The van der Waals surface area contributed by atoms with Gasteiger partial charge < -0.3 is 14.8 Å². The Morgan fingerprint density at radius 3 is 2.57 bits per heavy atom. The van der Waals surface area contributed by atoms with Gasteiger partial charge in [0.2, 0.25) is 5.91 Å². The highest BCUT2D eigenvalue weighted by molar-refractivity contribution is 6.01. The minimum atomic E-state index is -0.367. The van der Waals surface area contributed by atoms with Crippen LogP contribution in [0.25, 0.3) is 6.08 Å². The van der Waals surface area contributed by atoms with Crippen molar-refractivity contribution in [2.75, 3.05) is 25.6 Å². The van der Waals surface area contributed by atoms with E-state index in [0.29, 0.717) is 30.2 Å². The average Bonchev–Trinajstić information content (AvgIpc) is 2.56. The minimum Gasteiger partial charge on any atom is -0.491 e. The number of carbonyl (C=O) groups excluding carboxylic acids is 1. The number of ether oxygens (including phenoxy) is 2. The predicted octanol–water partition coefficient (Wildman–Crippen LogP) is 3.50. The topological polar surface area (TPSA) is 47.6 Å². The molecule has 2 rings (SSSR count). The number of nitrogens with one attached hydrogen (secondary N) is 1. The molecule has 1 amide bonds. The van der Waals surface area contributed by atoms with E-state index in [0.717, 1.165) is 0 Å². The quantitative estimate of drug-likeness (QED) is 0.628. The molecular formula is C18H18FNO3. The van der Waals surface area contributed by atoms with Crippen LogP contribution in [0.4, 0.5) is 10.1 Å². The molecule has 120 valence electrons. The van der Waals surface area contributed by atoms with Crippen LogP contribution in [0, 0.1) is 5.82 Å². The number of methoxy groups -OCH3 is 1. The lowest BCUT2D eigenvalue weighted by molar-refractivity contribution is -0.111. The van der Waals surface area contributed by atoms with Crippen molar-refractivity contribution >= 4 is 17.7 Å². The fourth-order valence-corrected chi connectivity index (χ4v) is 1.84. The van der Waals surface area contributed by atoms with Crippen LogP contribution in [0.5, 0.6) is 5.75 Å². The van der Waals surface area contributed by atoms with Gasteiger partial charge in [-0.25, -0.2) is 4.39 Å². The van der Waals surface area contributed by atoms with Crippen LogP contribution in [0.15, 0.2) is 54.6 Å². The summed E-state index contributed by atoms with van der Waals surface area (Å²) in [5.41, 5.74) is 0.997. The van der Waals surface area contributed by atoms with E-state index in [4.69, 9.17) is 9.47 Å². The summed E-state index contributed by atoms with van der Waals surface area (Å²) in [6.45, 7) is 0.979. The van der Waals surface area contributed by atoms with E-state index in [1.54, 1.807) is 49.6 Å². The van der Waals surface area contributed by atoms with Gasteiger partial charge in [-0.1, -0.05) is 18.2 Å². The fourth-order valence-electron chi connectivity index (χ4n) is 1.84. The molecule has 0 fully saturated rings. The highest BCUT2D eigenvalue weighted by Gasteiger charge is 2.01. The molecule has 0 saturated carbocycles. The van der Waals surface area contributed by atoms with Crippen molar-refractivity contribution in [2.45, 2.75) is 0 Å². The van der Waals surface area contributed by atoms with Gasteiger partial charge in [0.1, 0.15) is 18.2 Å². The first-order valence-corrected chi connectivity index (χ1v) is 7.14. The zero-order valence-corrected chi connectivity index (χ0v) is 12.8. The van der Waals surface area contributed by atoms with Gasteiger partial charge in [-0.3, -0.25) is 4.79 Å². The van der Waals surface area contributed by atoms with Gasteiger partial charge in [0.15, 0.2) is 0 Å². The van der Waals surface area contributed by atoms with Crippen LogP contribution in [0.2, 0.25) is 0 Å². The number of carbonyl (C=O) groups is 1. The van der Waals surface area contributed by atoms with Crippen LogP contribution in [0.3, 0.4) is 0 Å². The first-order valence-electron chi connectivity index (χ1n) is 7.14. The number of anilines is 1. The Morgan fingerprint density at radius 2 is 1.87 bits per heavy atom. The van der Waals surface area contributed by atoms with Crippen molar-refractivity contribution in [3.63, 3.8) is 0 Å². The second-order valence-electron chi connectivity index (χ2n) is 4.71. The van der Waals surface area contributed by atoms with Gasteiger partial charge >= 0.3 is 0 Å². The molecular weight excluding hydrogens is 297 g/mol. The maximum atomic E-state index is 13.4. The molecule has 4 nitrogen and oxygen atoms in total. The van der Waals surface area contributed by atoms with Crippen molar-refractivity contribution in [1.82, 2.24) is 0 Å². The summed E-state index contributed by atoms with van der Waals surface area (Å²) >= 11 is 0. The third-order valence-electron chi connectivity index (χ3n) is 3.00. The summed E-state index contributed by atoms with van der Waals surface area (Å²) in [5, 5.41) is 2.70. The van der Waals surface area contributed by atoms with Crippen molar-refractivity contribution in [3.8, 4) is 5.75 Å². The number of halogens is 1. The SMILES string of the molecule is COCCOc1ccc(NC(=O)/C=C/c2ccccc2F)cc1. The Bertz CT molecular complexity index is 668. The van der Waals surface area contributed by atoms with Crippen LogP contribution in [-0.4, -0.2) is 26.2 Å². The Hall–Kier alpha value is -2.66. The van der Waals surface area contributed by atoms with Crippen molar-refractivity contribution in [3.05, 3.63) is 66.0 Å². The van der Waals surface area contributed by atoms with E-state index >= 15 is 0 Å². The lowest BCUT2D eigenvalue weighted by Crippen LogP contribution is -2.08. The lowest BCUT2D eigenvalue weighted by atomic mass is 10.2. The van der Waals surface area contributed by atoms with E-state index in [-0.39, 0.29) is 11.7 Å². The van der Waals surface area contributed by atoms with Crippen LogP contribution in [0.1, 0.15) is 5.56 Å². The minimum absolute atomic E-state index is 0.332. The Balaban J connectivity index is 1.89. The van der Waals surface area contributed by atoms with Gasteiger partial charge in [-0.2, -0.15) is 0 Å². The molecule has 0 heterocycles. The van der Waals surface area contributed by atoms with E-state index in [1.807, 2.05) is 0 Å². The molecule has 0 aliphatic rings. The maximum Gasteiger partial charge on any atom is 0.248 e. The third kappa shape index (κ3) is 5.56. The lowest BCUT2D eigenvalue weighted by Gasteiger charge is -2.07. The van der Waals surface area contributed by atoms with Gasteiger partial charge in [0.05, 0.1) is 6.61 Å². The zero-order valence-electron chi connectivity index (χ0n) is 12.8. The maximum absolute atomic E-state index is 13.4. The van der Waals surface area contributed by atoms with Crippen LogP contribution >= 0.6 is 0 Å². The monoisotopic (exact) mass is 315 g/mol. The first kappa shape index (κ1) is 16.7. The van der Waals surface area contributed by atoms with Crippen molar-refractivity contribution < 1.29 is 18.7 Å². The molecule has 0 aliphatic heterocycles. The fraction of sp³-hybridized carbons (Fsp3) is 0.167. The molecule has 0 spiro atoms. The van der Waals surface area contributed by atoms with E-state index in [9.17, 15) is 9.18 Å². The average molecular weight is 315 g/mol. The molecule has 2 aromatic carbocycles. The number of hydrogen-bond acceptors (Lipinski definition) is 3. The molecule has 5 heteroatoms. The smallest absolute Gasteiger partial charge is 0.248 e. The van der Waals surface area contributed by atoms with E-state index in [2.05, 4.69) is 5.32 Å². The first-order chi connectivity index (χ1) is 11.2. The van der Waals surface area contributed by atoms with Gasteiger partial charge in [0, 0.05) is 24.4 Å². The molecule has 0 bridgehead atoms. The predicted molar refractivity (Wildman–Crippen MR) is 87.9 cm³/mol. The summed E-state index contributed by atoms with van der Waals surface area (Å²) in [4.78, 5) is 11.8.